The van der Waals surface area contributed by atoms with Crippen LogP contribution >= 0.6 is 11.6 Å². The van der Waals surface area contributed by atoms with Gasteiger partial charge in [-0.25, -0.2) is 8.42 Å². The molecular formula is C19H18ClN3O5S. The average Bonchev–Trinajstić information content (AvgIpc) is 3.16. The maximum atomic E-state index is 12.3. The molecule has 1 amide bonds. The predicted molar refractivity (Wildman–Crippen MR) is 108 cm³/mol. The molecule has 1 heterocycles. The molecule has 152 valence electrons. The minimum absolute atomic E-state index is 0.102. The predicted octanol–water partition coefficient (Wildman–Crippen LogP) is 3.59. The molecule has 10 heteroatoms. The molecule has 2 aromatic carbocycles. The van der Waals surface area contributed by atoms with Gasteiger partial charge in [0.25, 0.3) is 0 Å². The zero-order chi connectivity index (χ0) is 20.9. The standard InChI is InChI=1S/C19H18ClN3O5S/c1-2-27-15-7-3-13(4-8-15)18-22-23-19(28-18)21-17(24)11-12-29(25,26)16-9-5-14(20)6-10-16/h3-10H,2,11-12H2,1H3,(H,21,23,24). The van der Waals surface area contributed by atoms with Crippen LogP contribution in [-0.2, 0) is 14.6 Å². The number of carbonyl (C=O) groups excluding carboxylic acids is 1. The van der Waals surface area contributed by atoms with E-state index in [1.807, 2.05) is 6.92 Å². The van der Waals surface area contributed by atoms with Crippen LogP contribution in [0.4, 0.5) is 6.01 Å². The number of aromatic nitrogens is 2. The summed E-state index contributed by atoms with van der Waals surface area (Å²) in [5, 5.41) is 10.5. The summed E-state index contributed by atoms with van der Waals surface area (Å²) >= 11 is 5.76. The van der Waals surface area contributed by atoms with Crippen LogP contribution in [-0.4, -0.2) is 36.9 Å². The zero-order valence-electron chi connectivity index (χ0n) is 15.5. The molecule has 0 spiro atoms. The Bertz CT molecular complexity index is 1080. The summed E-state index contributed by atoms with van der Waals surface area (Å²) in [7, 11) is -3.61. The molecule has 0 fully saturated rings. The molecule has 0 saturated carbocycles. The lowest BCUT2D eigenvalue weighted by atomic mass is 10.2. The average molecular weight is 436 g/mol. The van der Waals surface area contributed by atoms with Crippen molar-refractivity contribution in [2.24, 2.45) is 0 Å². The third-order valence-electron chi connectivity index (χ3n) is 3.85. The van der Waals surface area contributed by atoms with Crippen molar-refractivity contribution < 1.29 is 22.4 Å². The summed E-state index contributed by atoms with van der Waals surface area (Å²) in [6.07, 6.45) is -0.258. The van der Waals surface area contributed by atoms with E-state index < -0.39 is 15.7 Å². The van der Waals surface area contributed by atoms with Crippen LogP contribution in [0.25, 0.3) is 11.5 Å². The van der Waals surface area contributed by atoms with Gasteiger partial charge in [-0.15, -0.1) is 5.10 Å². The smallest absolute Gasteiger partial charge is 0.322 e. The van der Waals surface area contributed by atoms with Gasteiger partial charge in [-0.05, 0) is 55.5 Å². The fourth-order valence-corrected chi connectivity index (χ4v) is 3.79. The van der Waals surface area contributed by atoms with E-state index in [4.69, 9.17) is 20.8 Å². The molecule has 0 bridgehead atoms. The van der Waals surface area contributed by atoms with Gasteiger partial charge >= 0.3 is 6.01 Å². The first-order chi connectivity index (χ1) is 13.9. The Labute approximate surface area is 172 Å². The molecule has 0 unspecified atom stereocenters. The quantitative estimate of drug-likeness (QED) is 0.575. The highest BCUT2D eigenvalue weighted by Gasteiger charge is 2.18. The third kappa shape index (κ3) is 5.55. The minimum Gasteiger partial charge on any atom is -0.494 e. The van der Waals surface area contributed by atoms with E-state index in [0.29, 0.717) is 22.9 Å². The fraction of sp³-hybridized carbons (Fsp3) is 0.211. The van der Waals surface area contributed by atoms with E-state index in [9.17, 15) is 13.2 Å². The van der Waals surface area contributed by atoms with Gasteiger partial charge in [-0.3, -0.25) is 10.1 Å². The van der Waals surface area contributed by atoms with Gasteiger partial charge in [0.1, 0.15) is 5.75 Å². The number of sulfone groups is 1. The van der Waals surface area contributed by atoms with Gasteiger partial charge in [-0.2, -0.15) is 0 Å². The topological polar surface area (TPSA) is 111 Å². The van der Waals surface area contributed by atoms with Crippen LogP contribution in [0, 0.1) is 0 Å². The Morgan fingerprint density at radius 2 is 1.79 bits per heavy atom. The number of anilines is 1. The van der Waals surface area contributed by atoms with Crippen LogP contribution in [0.2, 0.25) is 5.02 Å². The second-order valence-corrected chi connectivity index (χ2v) is 8.49. The van der Waals surface area contributed by atoms with E-state index in [1.165, 1.54) is 24.3 Å². The molecule has 0 aliphatic rings. The largest absolute Gasteiger partial charge is 0.494 e. The van der Waals surface area contributed by atoms with Crippen LogP contribution in [0.3, 0.4) is 0 Å². The summed E-state index contributed by atoms with van der Waals surface area (Å²) in [4.78, 5) is 12.2. The van der Waals surface area contributed by atoms with Gasteiger partial charge in [0.05, 0.1) is 17.3 Å². The second kappa shape index (κ2) is 9.06. The number of benzene rings is 2. The molecule has 0 aliphatic heterocycles. The highest BCUT2D eigenvalue weighted by atomic mass is 35.5. The van der Waals surface area contributed by atoms with E-state index in [0.717, 1.165) is 0 Å². The fourth-order valence-electron chi connectivity index (χ4n) is 2.42. The van der Waals surface area contributed by atoms with Crippen molar-refractivity contribution >= 4 is 33.4 Å². The van der Waals surface area contributed by atoms with Crippen molar-refractivity contribution in [1.29, 1.82) is 0 Å². The molecule has 29 heavy (non-hydrogen) atoms. The van der Waals surface area contributed by atoms with E-state index in [1.54, 1.807) is 24.3 Å². The number of nitrogens with one attached hydrogen (secondary N) is 1. The van der Waals surface area contributed by atoms with Crippen LogP contribution in [0.1, 0.15) is 13.3 Å². The maximum Gasteiger partial charge on any atom is 0.322 e. The minimum atomic E-state index is -3.61. The summed E-state index contributed by atoms with van der Waals surface area (Å²) in [5.41, 5.74) is 0.659. The number of amides is 1. The van der Waals surface area contributed by atoms with Crippen LogP contribution in [0.5, 0.6) is 5.75 Å². The third-order valence-corrected chi connectivity index (χ3v) is 5.84. The Hall–Kier alpha value is -2.91. The highest BCUT2D eigenvalue weighted by molar-refractivity contribution is 7.91. The van der Waals surface area contributed by atoms with E-state index in [2.05, 4.69) is 15.5 Å². The number of carbonyl (C=O) groups is 1. The lowest BCUT2D eigenvalue weighted by molar-refractivity contribution is -0.115. The molecule has 8 nitrogen and oxygen atoms in total. The number of hydrogen-bond donors (Lipinski definition) is 1. The molecule has 3 rings (SSSR count). The Kier molecular flexibility index (Phi) is 6.50. The van der Waals surface area contributed by atoms with Gasteiger partial charge in [0, 0.05) is 17.0 Å². The van der Waals surface area contributed by atoms with Gasteiger partial charge in [0.2, 0.25) is 11.8 Å². The van der Waals surface area contributed by atoms with Crippen molar-refractivity contribution in [2.75, 3.05) is 17.7 Å². The van der Waals surface area contributed by atoms with Crippen molar-refractivity contribution in [3.8, 4) is 17.2 Å². The number of halogens is 1. The summed E-state index contributed by atoms with van der Waals surface area (Å²) in [6.45, 7) is 2.45. The maximum absolute atomic E-state index is 12.3. The number of ether oxygens (including phenoxy) is 1. The van der Waals surface area contributed by atoms with Gasteiger partial charge < -0.3 is 9.15 Å². The number of rotatable bonds is 8. The number of hydrogen-bond acceptors (Lipinski definition) is 7. The first-order valence-electron chi connectivity index (χ1n) is 8.72. The lowest BCUT2D eigenvalue weighted by Gasteiger charge is -2.04. The van der Waals surface area contributed by atoms with Crippen molar-refractivity contribution in [2.45, 2.75) is 18.2 Å². The molecule has 0 radical (unpaired) electrons. The molecule has 0 aliphatic carbocycles. The molecule has 3 aromatic rings. The van der Waals surface area contributed by atoms with E-state index in [-0.39, 0.29) is 29.0 Å². The Morgan fingerprint density at radius 1 is 1.10 bits per heavy atom. The number of nitrogens with zero attached hydrogens (tertiary/aromatic N) is 2. The van der Waals surface area contributed by atoms with Crippen LogP contribution in [0.15, 0.2) is 57.8 Å². The summed E-state index contributed by atoms with van der Waals surface area (Å²) in [5.74, 6) is 0.0214. The molecule has 0 atom stereocenters. The Balaban J connectivity index is 1.58. The van der Waals surface area contributed by atoms with Crippen molar-refractivity contribution in [1.82, 2.24) is 10.2 Å². The normalized spacial score (nSPS) is 11.2. The summed E-state index contributed by atoms with van der Waals surface area (Å²) in [6, 6.07) is 12.7. The first-order valence-corrected chi connectivity index (χ1v) is 10.8. The molecule has 0 saturated heterocycles. The molecule has 1 N–H and O–H groups in total. The second-order valence-electron chi connectivity index (χ2n) is 5.94. The lowest BCUT2D eigenvalue weighted by Crippen LogP contribution is -2.17. The summed E-state index contributed by atoms with van der Waals surface area (Å²) < 4.78 is 35.3. The Morgan fingerprint density at radius 3 is 2.45 bits per heavy atom. The van der Waals surface area contributed by atoms with Crippen molar-refractivity contribution in [3.05, 3.63) is 53.6 Å². The highest BCUT2D eigenvalue weighted by Crippen LogP contribution is 2.23. The molecular weight excluding hydrogens is 418 g/mol. The van der Waals surface area contributed by atoms with E-state index >= 15 is 0 Å². The monoisotopic (exact) mass is 435 g/mol. The van der Waals surface area contributed by atoms with Crippen LogP contribution < -0.4 is 10.1 Å². The van der Waals surface area contributed by atoms with Crippen molar-refractivity contribution in [3.63, 3.8) is 0 Å². The van der Waals surface area contributed by atoms with Gasteiger partial charge in [0.15, 0.2) is 9.84 Å². The molecule has 1 aromatic heterocycles. The zero-order valence-corrected chi connectivity index (χ0v) is 17.0. The van der Waals surface area contributed by atoms with Gasteiger partial charge in [-0.1, -0.05) is 16.7 Å². The first kappa shape index (κ1) is 20.8. The SMILES string of the molecule is CCOc1ccc(-c2nnc(NC(=O)CCS(=O)(=O)c3ccc(Cl)cc3)o2)cc1.